The van der Waals surface area contributed by atoms with Crippen LogP contribution in [0.5, 0.6) is 5.75 Å². The van der Waals surface area contributed by atoms with Gasteiger partial charge in [-0.25, -0.2) is 4.79 Å². The Hall–Kier alpha value is -2.29. The molecule has 0 heterocycles. The third-order valence-corrected chi connectivity index (χ3v) is 2.15. The van der Waals surface area contributed by atoms with Crippen molar-refractivity contribution in [2.75, 3.05) is 0 Å². The van der Waals surface area contributed by atoms with Gasteiger partial charge in [-0.05, 0) is 23.3 Å². The predicted molar refractivity (Wildman–Crippen MR) is 60.5 cm³/mol. The molecule has 80 valence electrons. The molecule has 2 aromatic rings. The standard InChI is InChI=1S/C13H10O3/c14-13(15)16-12-8-4-7-11(9-12)10-5-2-1-3-6-10/h1-9H,(H,14,15). The van der Waals surface area contributed by atoms with Crippen LogP contribution in [0.15, 0.2) is 54.6 Å². The summed E-state index contributed by atoms with van der Waals surface area (Å²) >= 11 is 0. The van der Waals surface area contributed by atoms with Crippen LogP contribution < -0.4 is 4.74 Å². The lowest BCUT2D eigenvalue weighted by molar-refractivity contribution is 0.144. The predicted octanol–water partition coefficient (Wildman–Crippen LogP) is 3.41. The van der Waals surface area contributed by atoms with E-state index in [2.05, 4.69) is 4.74 Å². The van der Waals surface area contributed by atoms with E-state index in [4.69, 9.17) is 5.11 Å². The fraction of sp³-hybridized carbons (Fsp3) is 0. The van der Waals surface area contributed by atoms with Gasteiger partial charge in [-0.3, -0.25) is 0 Å². The Labute approximate surface area is 92.9 Å². The lowest BCUT2D eigenvalue weighted by Crippen LogP contribution is -2.02. The molecule has 3 heteroatoms. The molecule has 0 aromatic heterocycles. The molecule has 0 unspecified atom stereocenters. The van der Waals surface area contributed by atoms with Gasteiger partial charge in [0.2, 0.25) is 0 Å². The van der Waals surface area contributed by atoms with E-state index < -0.39 is 6.16 Å². The monoisotopic (exact) mass is 214 g/mol. The minimum absolute atomic E-state index is 0.328. The number of carbonyl (C=O) groups is 1. The van der Waals surface area contributed by atoms with Crippen molar-refractivity contribution in [1.29, 1.82) is 0 Å². The Kier molecular flexibility index (Phi) is 2.87. The molecule has 0 fully saturated rings. The van der Waals surface area contributed by atoms with E-state index in [0.29, 0.717) is 5.75 Å². The minimum Gasteiger partial charge on any atom is -0.449 e. The molecule has 0 spiro atoms. The molecule has 1 N–H and O–H groups in total. The van der Waals surface area contributed by atoms with Gasteiger partial charge in [0.1, 0.15) is 5.75 Å². The van der Waals surface area contributed by atoms with Crippen LogP contribution in [0.4, 0.5) is 4.79 Å². The number of benzene rings is 2. The Morgan fingerprint density at radius 1 is 0.938 bits per heavy atom. The third-order valence-electron chi connectivity index (χ3n) is 2.15. The molecule has 0 saturated heterocycles. The van der Waals surface area contributed by atoms with Crippen molar-refractivity contribution < 1.29 is 14.6 Å². The van der Waals surface area contributed by atoms with E-state index >= 15 is 0 Å². The average Bonchev–Trinajstić information content (AvgIpc) is 2.30. The maximum atomic E-state index is 10.4. The molecule has 2 rings (SSSR count). The van der Waals surface area contributed by atoms with Gasteiger partial charge >= 0.3 is 6.16 Å². The highest BCUT2D eigenvalue weighted by molar-refractivity contribution is 5.67. The van der Waals surface area contributed by atoms with Gasteiger partial charge in [0, 0.05) is 0 Å². The molecule has 16 heavy (non-hydrogen) atoms. The zero-order valence-corrected chi connectivity index (χ0v) is 8.46. The van der Waals surface area contributed by atoms with Crippen LogP contribution in [0.3, 0.4) is 0 Å². The first kappa shape index (κ1) is 10.2. The minimum atomic E-state index is -1.30. The van der Waals surface area contributed by atoms with Crippen molar-refractivity contribution in [3.8, 4) is 16.9 Å². The summed E-state index contributed by atoms with van der Waals surface area (Å²) in [7, 11) is 0. The third kappa shape index (κ3) is 2.39. The molecule has 0 aliphatic heterocycles. The number of ether oxygens (including phenoxy) is 1. The van der Waals surface area contributed by atoms with Crippen LogP contribution in [-0.2, 0) is 0 Å². The molecule has 0 atom stereocenters. The molecule has 0 aliphatic rings. The van der Waals surface area contributed by atoms with E-state index in [9.17, 15) is 4.79 Å². The van der Waals surface area contributed by atoms with E-state index in [1.54, 1.807) is 18.2 Å². The molecule has 0 aliphatic carbocycles. The maximum absolute atomic E-state index is 10.4. The second-order valence-electron chi connectivity index (χ2n) is 3.26. The zero-order valence-electron chi connectivity index (χ0n) is 8.46. The van der Waals surface area contributed by atoms with Crippen molar-refractivity contribution >= 4 is 6.16 Å². The smallest absolute Gasteiger partial charge is 0.449 e. The molecule has 3 nitrogen and oxygen atoms in total. The van der Waals surface area contributed by atoms with Crippen LogP contribution >= 0.6 is 0 Å². The molecular weight excluding hydrogens is 204 g/mol. The van der Waals surface area contributed by atoms with E-state index in [-0.39, 0.29) is 0 Å². The van der Waals surface area contributed by atoms with Gasteiger partial charge in [0.15, 0.2) is 0 Å². The highest BCUT2D eigenvalue weighted by Gasteiger charge is 2.02. The van der Waals surface area contributed by atoms with Crippen LogP contribution in [-0.4, -0.2) is 11.3 Å². The maximum Gasteiger partial charge on any atom is 0.511 e. The van der Waals surface area contributed by atoms with Crippen LogP contribution in [0, 0.1) is 0 Å². The van der Waals surface area contributed by atoms with Gasteiger partial charge in [0.05, 0.1) is 0 Å². The molecule has 0 radical (unpaired) electrons. The first-order valence-electron chi connectivity index (χ1n) is 4.82. The summed E-state index contributed by atoms with van der Waals surface area (Å²) in [6.07, 6.45) is -1.30. The highest BCUT2D eigenvalue weighted by atomic mass is 16.7. The van der Waals surface area contributed by atoms with Crippen LogP contribution in [0.25, 0.3) is 11.1 Å². The fourth-order valence-corrected chi connectivity index (χ4v) is 1.47. The van der Waals surface area contributed by atoms with Crippen molar-refractivity contribution in [2.24, 2.45) is 0 Å². The van der Waals surface area contributed by atoms with Crippen molar-refractivity contribution in [3.05, 3.63) is 54.6 Å². The van der Waals surface area contributed by atoms with Gasteiger partial charge in [-0.1, -0.05) is 42.5 Å². The van der Waals surface area contributed by atoms with Gasteiger partial charge < -0.3 is 9.84 Å². The average molecular weight is 214 g/mol. The first-order chi connectivity index (χ1) is 7.75. The molecule has 0 amide bonds. The van der Waals surface area contributed by atoms with Crippen molar-refractivity contribution in [1.82, 2.24) is 0 Å². The number of hydrogen-bond acceptors (Lipinski definition) is 2. The van der Waals surface area contributed by atoms with E-state index in [1.165, 1.54) is 0 Å². The summed E-state index contributed by atoms with van der Waals surface area (Å²) in [6.45, 7) is 0. The largest absolute Gasteiger partial charge is 0.511 e. The topological polar surface area (TPSA) is 46.5 Å². The normalized spacial score (nSPS) is 9.75. The Morgan fingerprint density at radius 2 is 1.62 bits per heavy atom. The van der Waals surface area contributed by atoms with E-state index in [0.717, 1.165) is 11.1 Å². The van der Waals surface area contributed by atoms with Crippen LogP contribution in [0.2, 0.25) is 0 Å². The van der Waals surface area contributed by atoms with Crippen molar-refractivity contribution in [2.45, 2.75) is 0 Å². The quantitative estimate of drug-likeness (QED) is 0.615. The zero-order chi connectivity index (χ0) is 11.4. The molecule has 0 saturated carbocycles. The fourth-order valence-electron chi connectivity index (χ4n) is 1.47. The van der Waals surface area contributed by atoms with E-state index in [1.807, 2.05) is 36.4 Å². The second kappa shape index (κ2) is 4.49. The number of carboxylic acid groups (broad SMARTS) is 1. The number of hydrogen-bond donors (Lipinski definition) is 1. The first-order valence-corrected chi connectivity index (χ1v) is 4.82. The Bertz CT molecular complexity index is 492. The number of rotatable bonds is 2. The summed E-state index contributed by atoms with van der Waals surface area (Å²) in [5.41, 5.74) is 1.96. The summed E-state index contributed by atoms with van der Waals surface area (Å²) in [6, 6.07) is 16.7. The Balaban J connectivity index is 2.33. The Morgan fingerprint density at radius 3 is 2.31 bits per heavy atom. The van der Waals surface area contributed by atoms with Crippen molar-refractivity contribution in [3.63, 3.8) is 0 Å². The van der Waals surface area contributed by atoms with Crippen LogP contribution in [0.1, 0.15) is 0 Å². The molecule has 0 bridgehead atoms. The lowest BCUT2D eigenvalue weighted by Gasteiger charge is -2.04. The SMILES string of the molecule is O=C(O)Oc1cccc(-c2ccccc2)c1. The highest BCUT2D eigenvalue weighted by Crippen LogP contribution is 2.23. The summed E-state index contributed by atoms with van der Waals surface area (Å²) in [4.78, 5) is 10.4. The second-order valence-corrected chi connectivity index (χ2v) is 3.26. The summed E-state index contributed by atoms with van der Waals surface area (Å²) in [5.74, 6) is 0.328. The van der Waals surface area contributed by atoms with Gasteiger partial charge in [0.25, 0.3) is 0 Å². The van der Waals surface area contributed by atoms with Gasteiger partial charge in [-0.15, -0.1) is 0 Å². The summed E-state index contributed by atoms with van der Waals surface area (Å²) < 4.78 is 4.59. The molecular formula is C13H10O3. The summed E-state index contributed by atoms with van der Waals surface area (Å²) in [5, 5.41) is 8.51. The molecule has 2 aromatic carbocycles. The van der Waals surface area contributed by atoms with Gasteiger partial charge in [-0.2, -0.15) is 0 Å². The lowest BCUT2D eigenvalue weighted by atomic mass is 10.1.